The first-order valence-electron chi connectivity index (χ1n) is 6.85. The van der Waals surface area contributed by atoms with Crippen LogP contribution in [0.4, 0.5) is 0 Å². The molecule has 1 heterocycles. The quantitative estimate of drug-likeness (QED) is 0.577. The number of hydrogen-bond donors (Lipinski definition) is 2. The van der Waals surface area contributed by atoms with E-state index in [0.717, 1.165) is 16.4 Å². The van der Waals surface area contributed by atoms with Crippen molar-refractivity contribution in [3.05, 3.63) is 0 Å². The lowest BCUT2D eigenvalue weighted by molar-refractivity contribution is 0.367. The topological polar surface area (TPSA) is 38.0 Å². The summed E-state index contributed by atoms with van der Waals surface area (Å²) in [4.78, 5) is 0. The Kier molecular flexibility index (Phi) is 7.31. The Labute approximate surface area is 115 Å². The van der Waals surface area contributed by atoms with Crippen molar-refractivity contribution in [3.8, 4) is 0 Å². The standard InChI is InChI=1S/C13H28N2S2/c1-5-11(6-2)7-12(15-14)13-8-16-9(3)10(4)17-13/h9-13,15H,5-8,14H2,1-4H3. The molecule has 2 nitrogen and oxygen atoms in total. The van der Waals surface area contributed by atoms with Crippen molar-refractivity contribution in [3.63, 3.8) is 0 Å². The van der Waals surface area contributed by atoms with Crippen molar-refractivity contribution in [1.29, 1.82) is 0 Å². The molecule has 4 unspecified atom stereocenters. The Morgan fingerprint density at radius 2 is 1.88 bits per heavy atom. The van der Waals surface area contributed by atoms with Crippen LogP contribution < -0.4 is 11.3 Å². The minimum absolute atomic E-state index is 0.479. The van der Waals surface area contributed by atoms with Crippen molar-refractivity contribution < 1.29 is 0 Å². The van der Waals surface area contributed by atoms with Gasteiger partial charge in [0.25, 0.3) is 0 Å². The monoisotopic (exact) mass is 276 g/mol. The fourth-order valence-corrected chi connectivity index (χ4v) is 5.45. The Morgan fingerprint density at radius 3 is 2.35 bits per heavy atom. The Hall–Kier alpha value is 0.620. The summed E-state index contributed by atoms with van der Waals surface area (Å²) >= 11 is 4.23. The van der Waals surface area contributed by atoms with E-state index in [0.29, 0.717) is 11.3 Å². The third kappa shape index (κ3) is 4.66. The SMILES string of the molecule is CCC(CC)CC(NN)C1CSC(C)C(C)S1. The second kappa shape index (κ2) is 7.93. The molecule has 1 fully saturated rings. The maximum atomic E-state index is 5.77. The molecule has 0 bridgehead atoms. The lowest BCUT2D eigenvalue weighted by Crippen LogP contribution is -2.47. The summed E-state index contributed by atoms with van der Waals surface area (Å²) in [5.74, 6) is 7.83. The zero-order valence-corrected chi connectivity index (χ0v) is 13.2. The number of nitrogens with two attached hydrogens (primary N) is 1. The largest absolute Gasteiger partial charge is 0.271 e. The predicted molar refractivity (Wildman–Crippen MR) is 82.6 cm³/mol. The first-order valence-corrected chi connectivity index (χ1v) is 8.84. The summed E-state index contributed by atoms with van der Waals surface area (Å²) in [6, 6.07) is 0.479. The van der Waals surface area contributed by atoms with Crippen LogP contribution in [-0.4, -0.2) is 27.5 Å². The lowest BCUT2D eigenvalue weighted by atomic mass is 9.94. The molecule has 1 saturated heterocycles. The van der Waals surface area contributed by atoms with E-state index in [9.17, 15) is 0 Å². The fourth-order valence-electron chi connectivity index (χ4n) is 2.33. The molecule has 3 N–H and O–H groups in total. The molecule has 0 spiro atoms. The van der Waals surface area contributed by atoms with Crippen molar-refractivity contribution in [1.82, 2.24) is 5.43 Å². The van der Waals surface area contributed by atoms with Gasteiger partial charge in [-0.3, -0.25) is 11.3 Å². The van der Waals surface area contributed by atoms with E-state index in [2.05, 4.69) is 56.6 Å². The van der Waals surface area contributed by atoms with Gasteiger partial charge in [-0.2, -0.15) is 23.5 Å². The second-order valence-corrected chi connectivity index (χ2v) is 8.14. The molecule has 0 aromatic heterocycles. The molecular formula is C13H28N2S2. The number of thioether (sulfide) groups is 2. The molecule has 1 rings (SSSR count). The van der Waals surface area contributed by atoms with Crippen molar-refractivity contribution in [2.24, 2.45) is 11.8 Å². The molecule has 0 aromatic rings. The van der Waals surface area contributed by atoms with Crippen LogP contribution in [0.1, 0.15) is 47.0 Å². The van der Waals surface area contributed by atoms with Crippen LogP contribution in [-0.2, 0) is 0 Å². The van der Waals surface area contributed by atoms with Crippen molar-refractivity contribution in [2.45, 2.75) is 68.7 Å². The van der Waals surface area contributed by atoms with Gasteiger partial charge in [-0.25, -0.2) is 0 Å². The predicted octanol–water partition coefficient (Wildman–Crippen LogP) is 3.27. The van der Waals surface area contributed by atoms with Gasteiger partial charge < -0.3 is 0 Å². The summed E-state index contributed by atoms with van der Waals surface area (Å²) in [6.45, 7) is 9.26. The van der Waals surface area contributed by atoms with Crippen LogP contribution in [0.3, 0.4) is 0 Å². The normalized spacial score (nSPS) is 31.8. The summed E-state index contributed by atoms with van der Waals surface area (Å²) in [5, 5.41) is 2.20. The molecule has 4 heteroatoms. The number of hydrazine groups is 1. The van der Waals surface area contributed by atoms with Gasteiger partial charge >= 0.3 is 0 Å². The summed E-state index contributed by atoms with van der Waals surface area (Å²) in [6.07, 6.45) is 3.76. The van der Waals surface area contributed by atoms with Gasteiger partial charge in [0.15, 0.2) is 0 Å². The van der Waals surface area contributed by atoms with Crippen molar-refractivity contribution in [2.75, 3.05) is 5.75 Å². The molecule has 1 aliphatic heterocycles. The summed E-state index contributed by atoms with van der Waals surface area (Å²) < 4.78 is 0. The van der Waals surface area contributed by atoms with Gasteiger partial charge in [0, 0.05) is 27.5 Å². The summed E-state index contributed by atoms with van der Waals surface area (Å²) in [7, 11) is 0. The maximum Gasteiger partial charge on any atom is 0.0340 e. The van der Waals surface area contributed by atoms with E-state index in [4.69, 9.17) is 5.84 Å². The first-order chi connectivity index (χ1) is 8.12. The number of nitrogens with one attached hydrogen (secondary N) is 1. The van der Waals surface area contributed by atoms with Crippen LogP contribution >= 0.6 is 23.5 Å². The van der Waals surface area contributed by atoms with E-state index in [1.807, 2.05) is 0 Å². The van der Waals surface area contributed by atoms with Crippen LogP contribution in [0.25, 0.3) is 0 Å². The summed E-state index contributed by atoms with van der Waals surface area (Å²) in [5.41, 5.74) is 3.07. The van der Waals surface area contributed by atoms with Gasteiger partial charge in [0.1, 0.15) is 0 Å². The van der Waals surface area contributed by atoms with E-state index in [1.165, 1.54) is 25.0 Å². The van der Waals surface area contributed by atoms with Gasteiger partial charge in [-0.15, -0.1) is 0 Å². The number of rotatable bonds is 6. The highest BCUT2D eigenvalue weighted by atomic mass is 32.2. The molecule has 1 aliphatic rings. The molecule has 4 atom stereocenters. The van der Waals surface area contributed by atoms with E-state index in [1.54, 1.807) is 0 Å². The Balaban J connectivity index is 2.49. The maximum absolute atomic E-state index is 5.77. The van der Waals surface area contributed by atoms with E-state index in [-0.39, 0.29) is 0 Å². The molecule has 17 heavy (non-hydrogen) atoms. The highest BCUT2D eigenvalue weighted by Gasteiger charge is 2.31. The second-order valence-electron chi connectivity index (χ2n) is 5.11. The number of hydrogen-bond acceptors (Lipinski definition) is 4. The molecule has 0 radical (unpaired) electrons. The third-order valence-electron chi connectivity index (χ3n) is 3.98. The smallest absolute Gasteiger partial charge is 0.0340 e. The minimum Gasteiger partial charge on any atom is -0.271 e. The van der Waals surface area contributed by atoms with Crippen LogP contribution in [0.15, 0.2) is 0 Å². The van der Waals surface area contributed by atoms with Crippen LogP contribution in [0.2, 0.25) is 0 Å². The molecular weight excluding hydrogens is 248 g/mol. The Morgan fingerprint density at radius 1 is 1.24 bits per heavy atom. The van der Waals surface area contributed by atoms with Crippen LogP contribution in [0.5, 0.6) is 0 Å². The average molecular weight is 277 g/mol. The molecule has 102 valence electrons. The molecule has 0 aromatic carbocycles. The molecule has 0 aliphatic carbocycles. The molecule has 0 amide bonds. The van der Waals surface area contributed by atoms with Crippen molar-refractivity contribution >= 4 is 23.5 Å². The third-order valence-corrected chi connectivity index (χ3v) is 7.53. The van der Waals surface area contributed by atoms with Gasteiger partial charge in [-0.1, -0.05) is 40.5 Å². The van der Waals surface area contributed by atoms with Crippen LogP contribution in [0, 0.1) is 5.92 Å². The highest BCUT2D eigenvalue weighted by Crippen LogP contribution is 2.38. The van der Waals surface area contributed by atoms with E-state index >= 15 is 0 Å². The first kappa shape index (κ1) is 15.7. The Bertz CT molecular complexity index is 210. The highest BCUT2D eigenvalue weighted by molar-refractivity contribution is 8.07. The minimum atomic E-state index is 0.479. The van der Waals surface area contributed by atoms with E-state index < -0.39 is 0 Å². The fraction of sp³-hybridized carbons (Fsp3) is 1.00. The lowest BCUT2D eigenvalue weighted by Gasteiger charge is -2.36. The average Bonchev–Trinajstić information content (AvgIpc) is 2.35. The van der Waals surface area contributed by atoms with Gasteiger partial charge in [0.05, 0.1) is 0 Å². The van der Waals surface area contributed by atoms with Gasteiger partial charge in [0.2, 0.25) is 0 Å². The zero-order chi connectivity index (χ0) is 12.8. The van der Waals surface area contributed by atoms with Gasteiger partial charge in [-0.05, 0) is 12.3 Å². The molecule has 0 saturated carbocycles. The zero-order valence-electron chi connectivity index (χ0n) is 11.6.